The van der Waals surface area contributed by atoms with Gasteiger partial charge in [-0.2, -0.15) is 5.10 Å². The summed E-state index contributed by atoms with van der Waals surface area (Å²) in [5.41, 5.74) is 13.8. The van der Waals surface area contributed by atoms with Crippen LogP contribution in [-0.2, 0) is 0 Å². The van der Waals surface area contributed by atoms with Crippen molar-refractivity contribution in [2.75, 3.05) is 0 Å². The zero-order valence-electron chi connectivity index (χ0n) is 11.5. The number of hydrogen-bond donors (Lipinski definition) is 2. The molecular formula is C15H22N4. The lowest BCUT2D eigenvalue weighted by molar-refractivity contribution is 0.443. The lowest BCUT2D eigenvalue weighted by atomic mass is 9.84. The fourth-order valence-electron chi connectivity index (χ4n) is 2.62. The van der Waals surface area contributed by atoms with Gasteiger partial charge in [-0.25, -0.2) is 0 Å². The molecule has 4 N–H and O–H groups in total. The molecule has 1 aromatic rings. The molecule has 0 bridgehead atoms. The van der Waals surface area contributed by atoms with E-state index in [-0.39, 0.29) is 5.96 Å². The summed E-state index contributed by atoms with van der Waals surface area (Å²) in [6.45, 7) is 1.90. The molecule has 0 aliphatic heterocycles. The fourth-order valence-corrected chi connectivity index (χ4v) is 2.62. The van der Waals surface area contributed by atoms with Gasteiger partial charge in [-0.15, -0.1) is 5.10 Å². The summed E-state index contributed by atoms with van der Waals surface area (Å²) < 4.78 is 0. The molecule has 19 heavy (non-hydrogen) atoms. The van der Waals surface area contributed by atoms with Crippen molar-refractivity contribution in [3.05, 3.63) is 35.4 Å². The summed E-state index contributed by atoms with van der Waals surface area (Å²) in [7, 11) is 0. The fraction of sp³-hybridized carbons (Fsp3) is 0.467. The molecule has 0 aromatic heterocycles. The molecule has 2 rings (SSSR count). The minimum atomic E-state index is -0.0156. The Labute approximate surface area is 114 Å². The van der Waals surface area contributed by atoms with Gasteiger partial charge in [-0.1, -0.05) is 43.5 Å². The van der Waals surface area contributed by atoms with E-state index in [0.717, 1.165) is 17.2 Å². The first-order valence-corrected chi connectivity index (χ1v) is 6.90. The van der Waals surface area contributed by atoms with E-state index in [1.54, 1.807) is 0 Å². The molecular weight excluding hydrogens is 236 g/mol. The van der Waals surface area contributed by atoms with Crippen LogP contribution in [0.2, 0.25) is 0 Å². The maximum atomic E-state index is 5.26. The second-order valence-electron chi connectivity index (χ2n) is 5.17. The summed E-state index contributed by atoms with van der Waals surface area (Å²) in [5.74, 6) is 0.718. The molecule has 1 aliphatic carbocycles. The molecule has 0 amide bonds. The smallest absolute Gasteiger partial charge is 0.211 e. The van der Waals surface area contributed by atoms with Gasteiger partial charge in [0.2, 0.25) is 5.96 Å². The maximum absolute atomic E-state index is 5.26. The predicted octanol–water partition coefficient (Wildman–Crippen LogP) is 2.73. The van der Waals surface area contributed by atoms with Crippen LogP contribution in [0.15, 0.2) is 34.5 Å². The summed E-state index contributed by atoms with van der Waals surface area (Å²) in [6.07, 6.45) is 6.74. The first-order valence-electron chi connectivity index (χ1n) is 6.90. The van der Waals surface area contributed by atoms with Crippen LogP contribution in [0.25, 0.3) is 0 Å². The lowest BCUT2D eigenvalue weighted by Crippen LogP contribution is -2.22. The van der Waals surface area contributed by atoms with Crippen LogP contribution < -0.4 is 11.5 Å². The van der Waals surface area contributed by atoms with Crippen LogP contribution in [0.5, 0.6) is 0 Å². The molecule has 4 nitrogen and oxygen atoms in total. The number of nitrogens with zero attached hydrogens (tertiary/aromatic N) is 2. The molecule has 0 heterocycles. The Hall–Kier alpha value is -1.84. The molecule has 1 aliphatic rings. The number of rotatable bonds is 3. The van der Waals surface area contributed by atoms with Gasteiger partial charge in [0.25, 0.3) is 0 Å². The highest BCUT2D eigenvalue weighted by Crippen LogP contribution is 2.32. The van der Waals surface area contributed by atoms with Gasteiger partial charge in [0.05, 0.1) is 5.71 Å². The van der Waals surface area contributed by atoms with E-state index in [1.165, 1.54) is 37.7 Å². The molecule has 1 fully saturated rings. The van der Waals surface area contributed by atoms with E-state index in [9.17, 15) is 0 Å². The second kappa shape index (κ2) is 6.36. The van der Waals surface area contributed by atoms with E-state index in [4.69, 9.17) is 11.5 Å². The molecule has 0 unspecified atom stereocenters. The van der Waals surface area contributed by atoms with Crippen LogP contribution >= 0.6 is 0 Å². The highest BCUT2D eigenvalue weighted by atomic mass is 15.3. The highest BCUT2D eigenvalue weighted by Gasteiger charge is 2.15. The maximum Gasteiger partial charge on any atom is 0.211 e. The topological polar surface area (TPSA) is 76.8 Å². The lowest BCUT2D eigenvalue weighted by Gasteiger charge is -2.22. The first-order chi connectivity index (χ1) is 9.16. The molecule has 102 valence electrons. The van der Waals surface area contributed by atoms with E-state index in [2.05, 4.69) is 34.5 Å². The van der Waals surface area contributed by atoms with Crippen LogP contribution in [0.3, 0.4) is 0 Å². The van der Waals surface area contributed by atoms with Crippen molar-refractivity contribution in [1.29, 1.82) is 0 Å². The molecule has 0 atom stereocenters. The molecule has 1 saturated carbocycles. The third kappa shape index (κ3) is 3.81. The summed E-state index contributed by atoms with van der Waals surface area (Å²) in [5, 5.41) is 7.66. The zero-order valence-corrected chi connectivity index (χ0v) is 11.5. The summed E-state index contributed by atoms with van der Waals surface area (Å²) in [6, 6.07) is 8.62. The van der Waals surface area contributed by atoms with E-state index in [1.807, 2.05) is 6.92 Å². The largest absolute Gasteiger partial charge is 0.369 e. The number of benzene rings is 1. The van der Waals surface area contributed by atoms with E-state index >= 15 is 0 Å². The summed E-state index contributed by atoms with van der Waals surface area (Å²) >= 11 is 0. The van der Waals surface area contributed by atoms with Crippen molar-refractivity contribution in [3.8, 4) is 0 Å². The number of guanidine groups is 1. The van der Waals surface area contributed by atoms with Crippen molar-refractivity contribution in [2.24, 2.45) is 21.7 Å². The monoisotopic (exact) mass is 258 g/mol. The standard InChI is InChI=1S/C15H22N4/c1-11(18-19-15(16)17)12-7-9-14(10-8-12)13-5-3-2-4-6-13/h7-10,13H,2-6H2,1H3,(H4,16,17,19)/b18-11-. The van der Waals surface area contributed by atoms with Gasteiger partial charge < -0.3 is 11.5 Å². The Kier molecular flexibility index (Phi) is 4.55. The number of hydrogen-bond acceptors (Lipinski definition) is 2. The van der Waals surface area contributed by atoms with Crippen LogP contribution in [0, 0.1) is 0 Å². The predicted molar refractivity (Wildman–Crippen MR) is 80.3 cm³/mol. The van der Waals surface area contributed by atoms with Gasteiger partial charge in [0.15, 0.2) is 0 Å². The third-order valence-electron chi connectivity index (χ3n) is 3.72. The Balaban J connectivity index is 2.09. The Morgan fingerprint density at radius 1 is 1.00 bits per heavy atom. The van der Waals surface area contributed by atoms with Crippen LogP contribution in [-0.4, -0.2) is 11.7 Å². The van der Waals surface area contributed by atoms with Gasteiger partial charge >= 0.3 is 0 Å². The van der Waals surface area contributed by atoms with Crippen molar-refractivity contribution >= 4 is 11.7 Å². The second-order valence-corrected chi connectivity index (χ2v) is 5.17. The third-order valence-corrected chi connectivity index (χ3v) is 3.72. The normalized spacial score (nSPS) is 17.2. The van der Waals surface area contributed by atoms with Gasteiger partial charge in [-0.05, 0) is 36.8 Å². The van der Waals surface area contributed by atoms with Crippen molar-refractivity contribution in [1.82, 2.24) is 0 Å². The zero-order chi connectivity index (χ0) is 13.7. The Morgan fingerprint density at radius 3 is 2.21 bits per heavy atom. The minimum Gasteiger partial charge on any atom is -0.369 e. The highest BCUT2D eigenvalue weighted by molar-refractivity contribution is 5.99. The van der Waals surface area contributed by atoms with Gasteiger partial charge in [0, 0.05) is 0 Å². The molecule has 4 heteroatoms. The van der Waals surface area contributed by atoms with E-state index < -0.39 is 0 Å². The quantitative estimate of drug-likeness (QED) is 0.497. The SMILES string of the molecule is C/C(=N/N=C(N)N)c1ccc(C2CCCCC2)cc1. The summed E-state index contributed by atoms with van der Waals surface area (Å²) in [4.78, 5) is 0. The molecule has 0 saturated heterocycles. The van der Waals surface area contributed by atoms with Crippen LogP contribution in [0.4, 0.5) is 0 Å². The molecule has 1 aromatic carbocycles. The van der Waals surface area contributed by atoms with Gasteiger partial charge in [-0.3, -0.25) is 0 Å². The minimum absolute atomic E-state index is 0.0156. The van der Waals surface area contributed by atoms with Crippen LogP contribution in [0.1, 0.15) is 56.1 Å². The van der Waals surface area contributed by atoms with Crippen molar-refractivity contribution < 1.29 is 0 Å². The van der Waals surface area contributed by atoms with Crippen molar-refractivity contribution in [3.63, 3.8) is 0 Å². The average molecular weight is 258 g/mol. The van der Waals surface area contributed by atoms with E-state index in [0.29, 0.717) is 0 Å². The molecule has 0 spiro atoms. The number of nitrogens with two attached hydrogens (primary N) is 2. The first kappa shape index (κ1) is 13.6. The Bertz CT molecular complexity index is 463. The average Bonchev–Trinajstić information content (AvgIpc) is 2.46. The van der Waals surface area contributed by atoms with Crippen molar-refractivity contribution in [2.45, 2.75) is 44.9 Å². The van der Waals surface area contributed by atoms with Gasteiger partial charge in [0.1, 0.15) is 0 Å². The molecule has 0 radical (unpaired) electrons. The Morgan fingerprint density at radius 2 is 1.63 bits per heavy atom.